The van der Waals surface area contributed by atoms with E-state index < -0.39 is 0 Å². The first kappa shape index (κ1) is 18.9. The van der Waals surface area contributed by atoms with Gasteiger partial charge in [0.05, 0.1) is 13.2 Å². The summed E-state index contributed by atoms with van der Waals surface area (Å²) in [5.74, 6) is 1.61. The Labute approximate surface area is 160 Å². The largest absolute Gasteiger partial charge is 0.457 e. The number of hydrogen-bond donors (Lipinski definition) is 0. The number of carbonyl (C=O) groups excluding carboxylic acids is 1. The summed E-state index contributed by atoms with van der Waals surface area (Å²) in [6, 6.07) is 25.3. The second kappa shape index (κ2) is 8.65. The maximum Gasteiger partial charge on any atom is 0.150 e. The lowest BCUT2D eigenvalue weighted by atomic mass is 9.85. The van der Waals surface area contributed by atoms with E-state index in [4.69, 9.17) is 9.47 Å². The van der Waals surface area contributed by atoms with Crippen LogP contribution in [-0.4, -0.2) is 12.9 Å². The maximum absolute atomic E-state index is 10.8. The number of rotatable bonds is 8. The van der Waals surface area contributed by atoms with Crippen molar-refractivity contribution in [1.82, 2.24) is 0 Å². The van der Waals surface area contributed by atoms with Crippen LogP contribution in [0.1, 0.15) is 35.3 Å². The number of aldehydes is 1. The van der Waals surface area contributed by atoms with Crippen molar-refractivity contribution in [2.24, 2.45) is 0 Å². The predicted octanol–water partition coefficient (Wildman–Crippen LogP) is 5.79. The molecule has 0 unspecified atom stereocenters. The molecule has 0 aromatic heterocycles. The minimum atomic E-state index is -0.139. The highest BCUT2D eigenvalue weighted by Gasteiger charge is 2.20. The first-order valence-electron chi connectivity index (χ1n) is 9.02. The third kappa shape index (κ3) is 5.28. The molecule has 3 aromatic rings. The highest BCUT2D eigenvalue weighted by Crippen LogP contribution is 2.25. The van der Waals surface area contributed by atoms with Gasteiger partial charge in [-0.15, -0.1) is 0 Å². The lowest BCUT2D eigenvalue weighted by Crippen LogP contribution is -2.24. The zero-order chi connectivity index (χ0) is 19.1. The maximum atomic E-state index is 10.8. The first-order valence-corrected chi connectivity index (χ1v) is 9.02. The van der Waals surface area contributed by atoms with E-state index in [0.717, 1.165) is 28.9 Å². The predicted molar refractivity (Wildman–Crippen MR) is 107 cm³/mol. The van der Waals surface area contributed by atoms with Gasteiger partial charge < -0.3 is 9.47 Å². The Bertz CT molecular complexity index is 868. The Morgan fingerprint density at radius 1 is 0.852 bits per heavy atom. The van der Waals surface area contributed by atoms with Gasteiger partial charge in [0.1, 0.15) is 17.8 Å². The van der Waals surface area contributed by atoms with Crippen LogP contribution in [0, 0.1) is 0 Å². The van der Waals surface area contributed by atoms with Crippen molar-refractivity contribution < 1.29 is 14.3 Å². The lowest BCUT2D eigenvalue weighted by molar-refractivity contribution is 0.0824. The minimum Gasteiger partial charge on any atom is -0.457 e. The van der Waals surface area contributed by atoms with Crippen molar-refractivity contribution in [2.45, 2.75) is 25.9 Å². The van der Waals surface area contributed by atoms with E-state index in [1.807, 2.05) is 78.9 Å². The molecule has 3 rings (SSSR count). The standard InChI is InChI=1S/C24H24O3/c1-24(2,21-13-11-19(16-25)12-14-21)18-26-17-20-7-6-10-23(15-20)27-22-8-4-3-5-9-22/h3-16H,17-18H2,1-2H3. The molecule has 0 bridgehead atoms. The van der Waals surface area contributed by atoms with Gasteiger partial charge in [0.25, 0.3) is 0 Å². The second-order valence-corrected chi connectivity index (χ2v) is 7.18. The molecule has 3 nitrogen and oxygen atoms in total. The molecule has 0 saturated heterocycles. The number of carbonyl (C=O) groups is 1. The average molecular weight is 360 g/mol. The number of benzene rings is 3. The SMILES string of the molecule is CC(C)(COCc1cccc(Oc2ccccc2)c1)c1ccc(C=O)cc1. The number of ether oxygens (including phenoxy) is 2. The summed E-state index contributed by atoms with van der Waals surface area (Å²) in [7, 11) is 0. The van der Waals surface area contributed by atoms with Crippen LogP contribution in [0.4, 0.5) is 0 Å². The molecular weight excluding hydrogens is 336 g/mol. The first-order chi connectivity index (χ1) is 13.1. The van der Waals surface area contributed by atoms with Gasteiger partial charge in [-0.05, 0) is 35.4 Å². The molecule has 0 heterocycles. The van der Waals surface area contributed by atoms with Crippen molar-refractivity contribution in [3.63, 3.8) is 0 Å². The molecule has 0 aliphatic heterocycles. The van der Waals surface area contributed by atoms with Crippen molar-refractivity contribution in [3.8, 4) is 11.5 Å². The molecule has 138 valence electrons. The summed E-state index contributed by atoms with van der Waals surface area (Å²) in [5.41, 5.74) is 2.76. The summed E-state index contributed by atoms with van der Waals surface area (Å²) in [6.07, 6.45) is 0.859. The van der Waals surface area contributed by atoms with E-state index >= 15 is 0 Å². The Hall–Kier alpha value is -2.91. The van der Waals surface area contributed by atoms with Gasteiger partial charge in [0, 0.05) is 11.0 Å². The van der Waals surface area contributed by atoms with Crippen LogP contribution in [0.5, 0.6) is 11.5 Å². The van der Waals surface area contributed by atoms with Crippen molar-refractivity contribution >= 4 is 6.29 Å². The van der Waals surface area contributed by atoms with Crippen LogP contribution in [0.25, 0.3) is 0 Å². The molecular formula is C24H24O3. The van der Waals surface area contributed by atoms with Crippen molar-refractivity contribution in [2.75, 3.05) is 6.61 Å². The third-order valence-electron chi connectivity index (χ3n) is 4.44. The molecule has 0 N–H and O–H groups in total. The monoisotopic (exact) mass is 360 g/mol. The molecule has 0 fully saturated rings. The van der Waals surface area contributed by atoms with E-state index in [2.05, 4.69) is 13.8 Å². The van der Waals surface area contributed by atoms with Gasteiger partial charge in [-0.25, -0.2) is 0 Å². The molecule has 0 aliphatic rings. The molecule has 27 heavy (non-hydrogen) atoms. The van der Waals surface area contributed by atoms with Crippen LogP contribution >= 0.6 is 0 Å². The molecule has 3 aromatic carbocycles. The Kier molecular flexibility index (Phi) is 6.05. The zero-order valence-electron chi connectivity index (χ0n) is 15.7. The molecule has 0 amide bonds. The molecule has 0 aliphatic carbocycles. The van der Waals surface area contributed by atoms with E-state index in [0.29, 0.717) is 18.8 Å². The fourth-order valence-corrected chi connectivity index (χ4v) is 2.84. The number of hydrogen-bond acceptors (Lipinski definition) is 3. The van der Waals surface area contributed by atoms with E-state index in [-0.39, 0.29) is 5.41 Å². The quantitative estimate of drug-likeness (QED) is 0.477. The fourth-order valence-electron chi connectivity index (χ4n) is 2.84. The van der Waals surface area contributed by atoms with Crippen molar-refractivity contribution in [1.29, 1.82) is 0 Å². The van der Waals surface area contributed by atoms with Crippen molar-refractivity contribution in [3.05, 3.63) is 95.6 Å². The smallest absolute Gasteiger partial charge is 0.150 e. The zero-order valence-corrected chi connectivity index (χ0v) is 15.7. The number of para-hydroxylation sites is 1. The minimum absolute atomic E-state index is 0.139. The molecule has 0 radical (unpaired) electrons. The second-order valence-electron chi connectivity index (χ2n) is 7.18. The fraction of sp³-hybridized carbons (Fsp3) is 0.208. The molecule has 0 saturated carbocycles. The van der Waals surface area contributed by atoms with Crippen LogP contribution in [-0.2, 0) is 16.8 Å². The van der Waals surface area contributed by atoms with E-state index in [1.165, 1.54) is 0 Å². The van der Waals surface area contributed by atoms with Crippen LogP contribution in [0.2, 0.25) is 0 Å². The van der Waals surface area contributed by atoms with Crippen LogP contribution in [0.3, 0.4) is 0 Å². The Morgan fingerprint density at radius 2 is 1.56 bits per heavy atom. The summed E-state index contributed by atoms with van der Waals surface area (Å²) in [4.78, 5) is 10.8. The van der Waals surface area contributed by atoms with Gasteiger partial charge in [-0.3, -0.25) is 4.79 Å². The summed E-state index contributed by atoms with van der Waals surface area (Å²) in [5, 5.41) is 0. The average Bonchev–Trinajstić information content (AvgIpc) is 2.69. The Balaban J connectivity index is 1.58. The van der Waals surface area contributed by atoms with Gasteiger partial charge in [-0.1, -0.05) is 68.4 Å². The van der Waals surface area contributed by atoms with E-state index in [1.54, 1.807) is 0 Å². The van der Waals surface area contributed by atoms with Crippen LogP contribution in [0.15, 0.2) is 78.9 Å². The topological polar surface area (TPSA) is 35.5 Å². The van der Waals surface area contributed by atoms with Crippen LogP contribution < -0.4 is 4.74 Å². The highest BCUT2D eigenvalue weighted by molar-refractivity contribution is 5.74. The summed E-state index contributed by atoms with van der Waals surface area (Å²) in [6.45, 7) is 5.37. The highest BCUT2D eigenvalue weighted by atomic mass is 16.5. The van der Waals surface area contributed by atoms with Gasteiger partial charge in [0.2, 0.25) is 0 Å². The summed E-state index contributed by atoms with van der Waals surface area (Å²) >= 11 is 0. The lowest BCUT2D eigenvalue weighted by Gasteiger charge is -2.25. The molecule has 0 atom stereocenters. The molecule has 3 heteroatoms. The summed E-state index contributed by atoms with van der Waals surface area (Å²) < 4.78 is 11.8. The van der Waals surface area contributed by atoms with Gasteiger partial charge in [-0.2, -0.15) is 0 Å². The molecule has 0 spiro atoms. The third-order valence-corrected chi connectivity index (χ3v) is 4.44. The van der Waals surface area contributed by atoms with Gasteiger partial charge in [0.15, 0.2) is 0 Å². The van der Waals surface area contributed by atoms with Gasteiger partial charge >= 0.3 is 0 Å². The Morgan fingerprint density at radius 3 is 2.26 bits per heavy atom. The van der Waals surface area contributed by atoms with E-state index in [9.17, 15) is 4.79 Å². The normalized spacial score (nSPS) is 11.2.